The van der Waals surface area contributed by atoms with Gasteiger partial charge in [-0.2, -0.15) is 0 Å². The van der Waals surface area contributed by atoms with Gasteiger partial charge < -0.3 is 4.90 Å². The predicted octanol–water partition coefficient (Wildman–Crippen LogP) is 4.28. The number of aryl methyl sites for hydroxylation is 1. The van der Waals surface area contributed by atoms with E-state index in [4.69, 9.17) is 4.98 Å². The number of hydrogen-bond acceptors (Lipinski definition) is 2. The molecule has 2 nitrogen and oxygen atoms in total. The summed E-state index contributed by atoms with van der Waals surface area (Å²) in [4.78, 5) is 6.85. The Bertz CT molecular complexity index is 746. The monoisotopic (exact) mass is 262 g/mol. The van der Waals surface area contributed by atoms with Gasteiger partial charge >= 0.3 is 0 Å². The van der Waals surface area contributed by atoms with E-state index in [1.165, 1.54) is 16.5 Å². The highest BCUT2D eigenvalue weighted by Gasteiger charge is 2.06. The van der Waals surface area contributed by atoms with Gasteiger partial charge in [-0.25, -0.2) is 0 Å². The van der Waals surface area contributed by atoms with Crippen LogP contribution in [0.3, 0.4) is 0 Å². The van der Waals surface area contributed by atoms with Crippen LogP contribution in [0.15, 0.2) is 54.6 Å². The largest absolute Gasteiger partial charge is 0.378 e. The minimum absolute atomic E-state index is 1.03. The maximum atomic E-state index is 4.73. The number of rotatable bonds is 2. The number of hydrogen-bond donors (Lipinski definition) is 0. The predicted molar refractivity (Wildman–Crippen MR) is 86.2 cm³/mol. The zero-order valence-electron chi connectivity index (χ0n) is 12.1. The summed E-state index contributed by atoms with van der Waals surface area (Å²) in [7, 11) is 4.13. The van der Waals surface area contributed by atoms with Gasteiger partial charge in [0.1, 0.15) is 0 Å². The van der Waals surface area contributed by atoms with Gasteiger partial charge in [0.05, 0.1) is 5.69 Å². The van der Waals surface area contributed by atoms with E-state index in [0.717, 1.165) is 17.0 Å². The molecule has 0 radical (unpaired) electrons. The maximum Gasteiger partial charge on any atom is 0.0711 e. The Morgan fingerprint density at radius 3 is 2.35 bits per heavy atom. The van der Waals surface area contributed by atoms with E-state index in [0.29, 0.717) is 0 Å². The van der Waals surface area contributed by atoms with Gasteiger partial charge in [0.25, 0.3) is 0 Å². The van der Waals surface area contributed by atoms with Crippen molar-refractivity contribution in [2.75, 3.05) is 19.0 Å². The Kier molecular flexibility index (Phi) is 3.15. The fourth-order valence-electron chi connectivity index (χ4n) is 2.45. The molecule has 0 saturated heterocycles. The Labute approximate surface area is 119 Å². The Morgan fingerprint density at radius 2 is 1.65 bits per heavy atom. The SMILES string of the molecule is Cc1nc(-c2ccccc2)cc2cc(N(C)C)ccc12. The molecule has 100 valence electrons. The Morgan fingerprint density at radius 1 is 0.900 bits per heavy atom. The standard InChI is InChI=1S/C18H18N2/c1-13-17-10-9-16(20(2)3)11-15(17)12-18(19-13)14-7-5-4-6-8-14/h4-12H,1-3H3. The molecule has 0 unspecified atom stereocenters. The van der Waals surface area contributed by atoms with Gasteiger partial charge in [-0.15, -0.1) is 0 Å². The number of nitrogens with zero attached hydrogens (tertiary/aromatic N) is 2. The van der Waals surface area contributed by atoms with Crippen molar-refractivity contribution >= 4 is 16.5 Å². The van der Waals surface area contributed by atoms with Crippen LogP contribution >= 0.6 is 0 Å². The minimum Gasteiger partial charge on any atom is -0.378 e. The molecule has 0 N–H and O–H groups in total. The van der Waals surface area contributed by atoms with Crippen LogP contribution in [-0.2, 0) is 0 Å². The van der Waals surface area contributed by atoms with E-state index >= 15 is 0 Å². The van der Waals surface area contributed by atoms with E-state index in [1.807, 2.05) is 18.2 Å². The molecular formula is C18H18N2. The molecule has 0 saturated carbocycles. The van der Waals surface area contributed by atoms with Crippen LogP contribution in [0.5, 0.6) is 0 Å². The lowest BCUT2D eigenvalue weighted by Gasteiger charge is -2.14. The molecule has 2 heteroatoms. The molecule has 0 aliphatic carbocycles. The topological polar surface area (TPSA) is 16.1 Å². The summed E-state index contributed by atoms with van der Waals surface area (Å²) in [5, 5.41) is 2.46. The molecule has 2 aromatic carbocycles. The summed E-state index contributed by atoms with van der Waals surface area (Å²) in [6, 6.07) is 19.0. The normalized spacial score (nSPS) is 10.8. The first-order valence-corrected chi connectivity index (χ1v) is 6.79. The quantitative estimate of drug-likeness (QED) is 0.685. The van der Waals surface area contributed by atoms with Crippen LogP contribution in [0.2, 0.25) is 0 Å². The van der Waals surface area contributed by atoms with Crippen LogP contribution in [0.1, 0.15) is 5.69 Å². The fourth-order valence-corrected chi connectivity index (χ4v) is 2.45. The third-order valence-electron chi connectivity index (χ3n) is 3.59. The van der Waals surface area contributed by atoms with Crippen molar-refractivity contribution in [3.05, 3.63) is 60.3 Å². The summed E-state index contributed by atoms with van der Waals surface area (Å²) in [6.07, 6.45) is 0. The molecule has 0 fully saturated rings. The zero-order chi connectivity index (χ0) is 14.1. The van der Waals surface area contributed by atoms with Crippen molar-refractivity contribution in [3.8, 4) is 11.3 Å². The van der Waals surface area contributed by atoms with Gasteiger partial charge in [0.2, 0.25) is 0 Å². The van der Waals surface area contributed by atoms with Crippen LogP contribution in [0.4, 0.5) is 5.69 Å². The van der Waals surface area contributed by atoms with Gasteiger partial charge in [-0.1, -0.05) is 36.4 Å². The number of pyridine rings is 1. The highest BCUT2D eigenvalue weighted by molar-refractivity contribution is 5.90. The van der Waals surface area contributed by atoms with Crippen molar-refractivity contribution in [2.24, 2.45) is 0 Å². The molecule has 0 spiro atoms. The molecule has 0 aliphatic heterocycles. The average Bonchev–Trinajstić information content (AvgIpc) is 2.47. The summed E-state index contributed by atoms with van der Waals surface area (Å²) in [5.41, 5.74) is 4.48. The molecule has 0 bridgehead atoms. The number of aromatic nitrogens is 1. The molecule has 3 aromatic rings. The molecular weight excluding hydrogens is 244 g/mol. The third kappa shape index (κ3) is 2.25. The van der Waals surface area contributed by atoms with E-state index in [-0.39, 0.29) is 0 Å². The van der Waals surface area contributed by atoms with Crippen LogP contribution in [0, 0.1) is 6.92 Å². The Balaban J connectivity index is 2.21. The first kappa shape index (κ1) is 12.7. The summed E-state index contributed by atoms with van der Waals surface area (Å²) in [5.74, 6) is 0. The smallest absolute Gasteiger partial charge is 0.0711 e. The number of fused-ring (bicyclic) bond motifs is 1. The minimum atomic E-state index is 1.03. The first-order valence-electron chi connectivity index (χ1n) is 6.79. The van der Waals surface area contributed by atoms with E-state index in [9.17, 15) is 0 Å². The Hall–Kier alpha value is -2.35. The van der Waals surface area contributed by atoms with Crippen LogP contribution in [-0.4, -0.2) is 19.1 Å². The molecule has 0 aliphatic rings. The van der Waals surface area contributed by atoms with Crippen molar-refractivity contribution in [2.45, 2.75) is 6.92 Å². The zero-order valence-corrected chi connectivity index (χ0v) is 12.1. The van der Waals surface area contributed by atoms with Crippen molar-refractivity contribution in [1.82, 2.24) is 4.98 Å². The van der Waals surface area contributed by atoms with Gasteiger partial charge in [0, 0.05) is 36.4 Å². The first-order chi connectivity index (χ1) is 9.65. The lowest BCUT2D eigenvalue weighted by atomic mass is 10.0. The summed E-state index contributed by atoms with van der Waals surface area (Å²) < 4.78 is 0. The highest BCUT2D eigenvalue weighted by Crippen LogP contribution is 2.27. The molecule has 0 amide bonds. The average molecular weight is 262 g/mol. The molecule has 3 rings (SSSR count). The second-order valence-corrected chi connectivity index (χ2v) is 5.26. The highest BCUT2D eigenvalue weighted by atomic mass is 15.1. The second-order valence-electron chi connectivity index (χ2n) is 5.26. The molecule has 1 aromatic heterocycles. The van der Waals surface area contributed by atoms with Crippen molar-refractivity contribution in [3.63, 3.8) is 0 Å². The van der Waals surface area contributed by atoms with E-state index < -0.39 is 0 Å². The van der Waals surface area contributed by atoms with Gasteiger partial charge in [-0.05, 0) is 30.5 Å². The number of benzene rings is 2. The van der Waals surface area contributed by atoms with Gasteiger partial charge in [0.15, 0.2) is 0 Å². The summed E-state index contributed by atoms with van der Waals surface area (Å²) >= 11 is 0. The van der Waals surface area contributed by atoms with Gasteiger partial charge in [-0.3, -0.25) is 4.98 Å². The maximum absolute atomic E-state index is 4.73. The van der Waals surface area contributed by atoms with E-state index in [2.05, 4.69) is 62.3 Å². The van der Waals surface area contributed by atoms with Crippen molar-refractivity contribution < 1.29 is 0 Å². The molecule has 1 heterocycles. The van der Waals surface area contributed by atoms with Crippen LogP contribution < -0.4 is 4.90 Å². The van der Waals surface area contributed by atoms with Crippen molar-refractivity contribution in [1.29, 1.82) is 0 Å². The lowest BCUT2D eigenvalue weighted by molar-refractivity contribution is 1.13. The van der Waals surface area contributed by atoms with Crippen LogP contribution in [0.25, 0.3) is 22.0 Å². The molecule has 0 atom stereocenters. The van der Waals surface area contributed by atoms with E-state index in [1.54, 1.807) is 0 Å². The second kappa shape index (κ2) is 4.97. The molecule has 20 heavy (non-hydrogen) atoms. The lowest BCUT2D eigenvalue weighted by Crippen LogP contribution is -2.08. The summed E-state index contributed by atoms with van der Waals surface area (Å²) in [6.45, 7) is 2.07. The number of anilines is 1. The fraction of sp³-hybridized carbons (Fsp3) is 0.167. The third-order valence-corrected chi connectivity index (χ3v) is 3.59.